The van der Waals surface area contributed by atoms with Gasteiger partial charge in [0.1, 0.15) is 11.5 Å². The van der Waals surface area contributed by atoms with Gasteiger partial charge in [-0.1, -0.05) is 40.6 Å². The molecule has 2 atom stereocenters. The van der Waals surface area contributed by atoms with Gasteiger partial charge in [0.2, 0.25) is 5.89 Å². The van der Waals surface area contributed by atoms with Crippen molar-refractivity contribution in [2.75, 3.05) is 4.90 Å². The predicted molar refractivity (Wildman–Crippen MR) is 118 cm³/mol. The van der Waals surface area contributed by atoms with Crippen LogP contribution in [0.4, 0.5) is 5.69 Å². The number of anilines is 1. The second-order valence-electron chi connectivity index (χ2n) is 8.03. The highest BCUT2D eigenvalue weighted by molar-refractivity contribution is 6.32. The van der Waals surface area contributed by atoms with Gasteiger partial charge in [-0.2, -0.15) is 5.11 Å². The molecule has 1 fully saturated rings. The zero-order valence-corrected chi connectivity index (χ0v) is 18.5. The van der Waals surface area contributed by atoms with E-state index in [2.05, 4.69) is 15.3 Å². The number of benzene rings is 2. The molecular formula is C23H20ClN5O3. The minimum absolute atomic E-state index is 0.202. The number of imide groups is 1. The van der Waals surface area contributed by atoms with Crippen molar-refractivity contribution in [3.05, 3.63) is 70.1 Å². The Kier molecular flexibility index (Phi) is 4.82. The molecule has 0 unspecified atom stereocenters. The minimum Gasteiger partial charge on any atom is -0.441 e. The van der Waals surface area contributed by atoms with E-state index in [1.807, 2.05) is 45.0 Å². The van der Waals surface area contributed by atoms with Crippen molar-refractivity contribution in [3.8, 4) is 11.5 Å². The molecule has 8 nitrogen and oxygen atoms in total. The van der Waals surface area contributed by atoms with Gasteiger partial charge >= 0.3 is 0 Å². The molecule has 3 heterocycles. The van der Waals surface area contributed by atoms with Crippen LogP contribution in [0.1, 0.15) is 22.6 Å². The Balaban J connectivity index is 1.39. The molecule has 2 aromatic carbocycles. The number of aromatic nitrogens is 1. The van der Waals surface area contributed by atoms with Crippen LogP contribution in [0.3, 0.4) is 0 Å². The van der Waals surface area contributed by atoms with E-state index in [9.17, 15) is 9.59 Å². The maximum atomic E-state index is 13.2. The standard InChI is InChI=1S/C23H20ClN5O3/c1-12-4-7-15(8-5-12)21-25-18(14(3)32-21)11-28-20-19(26-27-28)22(30)29(23(20)31)16-9-6-13(2)17(24)10-16/h4-10,19-20H,11H2,1-3H3/t19-,20+/m1/s1. The van der Waals surface area contributed by atoms with E-state index in [1.54, 1.807) is 18.2 Å². The van der Waals surface area contributed by atoms with Crippen molar-refractivity contribution in [1.82, 2.24) is 9.99 Å². The SMILES string of the molecule is Cc1ccc(-c2nc(CN3N=N[C@H]4C(=O)N(c5ccc(C)c(Cl)c5)C(=O)[C@H]43)c(C)o2)cc1. The summed E-state index contributed by atoms with van der Waals surface area (Å²) in [5.74, 6) is 0.321. The van der Waals surface area contributed by atoms with Crippen LogP contribution in [0.5, 0.6) is 0 Å². The number of hydrogen-bond acceptors (Lipinski definition) is 7. The normalized spacial score (nSPS) is 19.9. The van der Waals surface area contributed by atoms with Crippen LogP contribution in [-0.2, 0) is 16.1 Å². The van der Waals surface area contributed by atoms with Crippen molar-refractivity contribution in [1.29, 1.82) is 0 Å². The predicted octanol–water partition coefficient (Wildman–Crippen LogP) is 4.41. The van der Waals surface area contributed by atoms with Gasteiger partial charge in [0.25, 0.3) is 11.8 Å². The zero-order chi connectivity index (χ0) is 22.6. The number of halogens is 1. The molecule has 0 bridgehead atoms. The van der Waals surface area contributed by atoms with E-state index in [0.717, 1.165) is 21.6 Å². The average Bonchev–Trinajstić information content (AvgIpc) is 3.41. The second-order valence-corrected chi connectivity index (χ2v) is 8.43. The molecule has 2 amide bonds. The third-order valence-corrected chi connectivity index (χ3v) is 6.18. The monoisotopic (exact) mass is 449 g/mol. The van der Waals surface area contributed by atoms with Crippen LogP contribution in [-0.4, -0.2) is 33.9 Å². The van der Waals surface area contributed by atoms with E-state index in [4.69, 9.17) is 16.0 Å². The van der Waals surface area contributed by atoms with Crippen LogP contribution in [0.25, 0.3) is 11.5 Å². The van der Waals surface area contributed by atoms with Gasteiger partial charge in [-0.3, -0.25) is 14.6 Å². The van der Waals surface area contributed by atoms with Gasteiger partial charge in [0, 0.05) is 10.6 Å². The Morgan fingerprint density at radius 1 is 1.03 bits per heavy atom. The van der Waals surface area contributed by atoms with E-state index in [1.165, 1.54) is 5.01 Å². The lowest BCUT2D eigenvalue weighted by Gasteiger charge is -2.20. The average molecular weight is 450 g/mol. The lowest BCUT2D eigenvalue weighted by molar-refractivity contribution is -0.123. The Labute approximate surface area is 189 Å². The summed E-state index contributed by atoms with van der Waals surface area (Å²) >= 11 is 6.20. The molecule has 0 aliphatic carbocycles. The van der Waals surface area contributed by atoms with Crippen molar-refractivity contribution in [2.45, 2.75) is 39.4 Å². The largest absolute Gasteiger partial charge is 0.441 e. The van der Waals surface area contributed by atoms with Gasteiger partial charge in [0.15, 0.2) is 12.1 Å². The summed E-state index contributed by atoms with van der Waals surface area (Å²) in [4.78, 5) is 31.8. The highest BCUT2D eigenvalue weighted by Gasteiger charge is 2.55. The lowest BCUT2D eigenvalue weighted by atomic mass is 10.1. The molecule has 0 spiro atoms. The molecule has 1 aromatic heterocycles. The second kappa shape index (κ2) is 7.56. The fraction of sp³-hybridized carbons (Fsp3) is 0.261. The Bertz CT molecular complexity index is 1270. The molecule has 3 aromatic rings. The number of carbonyl (C=O) groups is 2. The van der Waals surface area contributed by atoms with E-state index >= 15 is 0 Å². The molecule has 5 rings (SSSR count). The Morgan fingerprint density at radius 3 is 2.50 bits per heavy atom. The van der Waals surface area contributed by atoms with Gasteiger partial charge in [-0.05, 0) is 50.6 Å². The van der Waals surface area contributed by atoms with Crippen molar-refractivity contribution in [2.24, 2.45) is 10.3 Å². The van der Waals surface area contributed by atoms with E-state index in [-0.39, 0.29) is 12.5 Å². The summed E-state index contributed by atoms with van der Waals surface area (Å²) in [7, 11) is 0. The molecule has 1 saturated heterocycles. The van der Waals surface area contributed by atoms with Crippen molar-refractivity contribution >= 4 is 29.1 Å². The summed E-state index contributed by atoms with van der Waals surface area (Å²) in [5.41, 5.74) is 3.93. The van der Waals surface area contributed by atoms with Gasteiger partial charge < -0.3 is 4.42 Å². The first-order valence-electron chi connectivity index (χ1n) is 10.2. The highest BCUT2D eigenvalue weighted by Crippen LogP contribution is 2.34. The van der Waals surface area contributed by atoms with Crippen LogP contribution in [0, 0.1) is 20.8 Å². The highest BCUT2D eigenvalue weighted by atomic mass is 35.5. The number of aryl methyl sites for hydroxylation is 3. The third kappa shape index (κ3) is 3.27. The summed E-state index contributed by atoms with van der Waals surface area (Å²) < 4.78 is 5.84. The summed E-state index contributed by atoms with van der Waals surface area (Å²) in [6.45, 7) is 5.88. The molecule has 0 N–H and O–H groups in total. The summed E-state index contributed by atoms with van der Waals surface area (Å²) in [6, 6.07) is 11.3. The molecule has 0 radical (unpaired) electrons. The maximum Gasteiger partial charge on any atom is 0.263 e. The number of carbonyl (C=O) groups excluding carboxylic acids is 2. The third-order valence-electron chi connectivity index (χ3n) is 5.77. The number of amides is 2. The first-order chi connectivity index (χ1) is 15.3. The molecule has 9 heteroatoms. The molecular weight excluding hydrogens is 430 g/mol. The molecule has 2 aliphatic heterocycles. The smallest absolute Gasteiger partial charge is 0.263 e. The van der Waals surface area contributed by atoms with Gasteiger partial charge in [0.05, 0.1) is 12.2 Å². The van der Waals surface area contributed by atoms with Crippen LogP contribution in [0.2, 0.25) is 5.02 Å². The molecule has 0 saturated carbocycles. The number of oxazole rings is 1. The van der Waals surface area contributed by atoms with Crippen molar-refractivity contribution in [3.63, 3.8) is 0 Å². The summed E-state index contributed by atoms with van der Waals surface area (Å²) in [5, 5.41) is 10.2. The number of rotatable bonds is 4. The number of nitrogens with zero attached hydrogens (tertiary/aromatic N) is 5. The van der Waals surface area contributed by atoms with Crippen LogP contribution in [0.15, 0.2) is 57.2 Å². The molecule has 2 aliphatic rings. The van der Waals surface area contributed by atoms with E-state index in [0.29, 0.717) is 28.1 Å². The van der Waals surface area contributed by atoms with Gasteiger partial charge in [-0.15, -0.1) is 0 Å². The molecule has 32 heavy (non-hydrogen) atoms. The van der Waals surface area contributed by atoms with Crippen LogP contribution >= 0.6 is 11.6 Å². The minimum atomic E-state index is -0.883. The van der Waals surface area contributed by atoms with E-state index < -0.39 is 18.0 Å². The lowest BCUT2D eigenvalue weighted by Crippen LogP contribution is -2.39. The first-order valence-corrected chi connectivity index (χ1v) is 10.6. The topological polar surface area (TPSA) is 91.4 Å². The Morgan fingerprint density at radius 2 is 1.78 bits per heavy atom. The van der Waals surface area contributed by atoms with Crippen LogP contribution < -0.4 is 4.90 Å². The fourth-order valence-corrected chi connectivity index (χ4v) is 4.05. The number of hydrogen-bond donors (Lipinski definition) is 0. The summed E-state index contributed by atoms with van der Waals surface area (Å²) in [6.07, 6.45) is 0. The number of fused-ring (bicyclic) bond motifs is 1. The quantitative estimate of drug-likeness (QED) is 0.550. The zero-order valence-electron chi connectivity index (χ0n) is 17.7. The maximum absolute atomic E-state index is 13.2. The molecule has 162 valence electrons. The van der Waals surface area contributed by atoms with Crippen molar-refractivity contribution < 1.29 is 14.0 Å². The first kappa shape index (κ1) is 20.4. The Hall–Kier alpha value is -3.52. The fourth-order valence-electron chi connectivity index (χ4n) is 3.88. The van der Waals surface area contributed by atoms with Gasteiger partial charge in [-0.25, -0.2) is 9.88 Å².